The van der Waals surface area contributed by atoms with E-state index in [1.165, 1.54) is 36.9 Å². The van der Waals surface area contributed by atoms with Crippen LogP contribution in [0.4, 0.5) is 5.95 Å². The first kappa shape index (κ1) is 15.2. The molecule has 2 saturated heterocycles. The van der Waals surface area contributed by atoms with Gasteiger partial charge in [0.15, 0.2) is 0 Å². The molecule has 0 aromatic carbocycles. The van der Waals surface area contributed by atoms with Crippen molar-refractivity contribution in [3.8, 4) is 0 Å². The van der Waals surface area contributed by atoms with Crippen LogP contribution in [-0.4, -0.2) is 87.7 Å². The quantitative estimate of drug-likeness (QED) is 0.779. The van der Waals surface area contributed by atoms with E-state index in [1.54, 1.807) is 0 Å². The predicted octanol–water partition coefficient (Wildman–Crippen LogP) is -0.901. The van der Waals surface area contributed by atoms with E-state index in [2.05, 4.69) is 26.9 Å². The molecule has 0 atom stereocenters. The number of piperidine rings is 1. The molecule has 122 valence electrons. The Morgan fingerprint density at radius 2 is 1.91 bits per heavy atom. The highest BCUT2D eigenvalue weighted by atomic mass is 16.2. The molecule has 0 aliphatic carbocycles. The zero-order valence-corrected chi connectivity index (χ0v) is 13.2. The van der Waals surface area contributed by atoms with Crippen LogP contribution < -0.4 is 5.73 Å². The molecule has 0 radical (unpaired) electrons. The second kappa shape index (κ2) is 6.62. The highest BCUT2D eigenvalue weighted by Crippen LogP contribution is 2.17. The fraction of sp³-hybridized carbons (Fsp3) is 0.786. The van der Waals surface area contributed by atoms with Crippen molar-refractivity contribution >= 4 is 11.9 Å². The molecule has 2 N–H and O–H groups in total. The Balaban J connectivity index is 1.46. The van der Waals surface area contributed by atoms with Gasteiger partial charge in [-0.15, -0.1) is 5.10 Å². The van der Waals surface area contributed by atoms with Gasteiger partial charge in [0.1, 0.15) is 12.9 Å². The van der Waals surface area contributed by atoms with E-state index < -0.39 is 0 Å². The number of piperazine rings is 1. The van der Waals surface area contributed by atoms with Crippen LogP contribution in [0.15, 0.2) is 6.33 Å². The summed E-state index contributed by atoms with van der Waals surface area (Å²) in [4.78, 5) is 23.0. The molecule has 22 heavy (non-hydrogen) atoms. The van der Waals surface area contributed by atoms with Crippen molar-refractivity contribution < 1.29 is 4.79 Å². The van der Waals surface area contributed by atoms with Gasteiger partial charge in [-0.3, -0.25) is 9.69 Å². The Morgan fingerprint density at radius 1 is 1.23 bits per heavy atom. The third-order valence-electron chi connectivity index (χ3n) is 4.72. The number of nitrogens with zero attached hydrogens (tertiary/aromatic N) is 6. The molecule has 1 amide bonds. The average molecular weight is 307 g/mol. The first-order valence-corrected chi connectivity index (χ1v) is 7.97. The SMILES string of the molecule is CN1CCC(N2CCN(C(=O)Cn3cnc(N)n3)CC2)CC1. The number of nitrogens with two attached hydrogens (primary N) is 1. The second-order valence-corrected chi connectivity index (χ2v) is 6.25. The van der Waals surface area contributed by atoms with Gasteiger partial charge in [-0.05, 0) is 33.0 Å². The summed E-state index contributed by atoms with van der Waals surface area (Å²) in [5.74, 6) is 0.299. The minimum Gasteiger partial charge on any atom is -0.367 e. The largest absolute Gasteiger partial charge is 0.367 e. The van der Waals surface area contributed by atoms with Crippen LogP contribution in [0.5, 0.6) is 0 Å². The first-order chi connectivity index (χ1) is 10.6. The standard InChI is InChI=1S/C14H25N7O/c1-18-4-2-12(3-5-18)19-6-8-20(9-7-19)13(22)10-21-11-16-14(15)17-21/h11-12H,2-10H2,1H3,(H2,15,17). The Kier molecular flexibility index (Phi) is 4.58. The molecular weight excluding hydrogens is 282 g/mol. The maximum atomic E-state index is 12.3. The number of hydrogen-bond donors (Lipinski definition) is 1. The molecule has 8 heteroatoms. The fourth-order valence-corrected chi connectivity index (χ4v) is 3.32. The van der Waals surface area contributed by atoms with Gasteiger partial charge in [-0.25, -0.2) is 9.67 Å². The van der Waals surface area contributed by atoms with Crippen LogP contribution >= 0.6 is 0 Å². The van der Waals surface area contributed by atoms with Gasteiger partial charge in [0.05, 0.1) is 0 Å². The van der Waals surface area contributed by atoms with Gasteiger partial charge < -0.3 is 15.5 Å². The zero-order chi connectivity index (χ0) is 15.5. The Morgan fingerprint density at radius 3 is 2.50 bits per heavy atom. The molecular formula is C14H25N7O. The monoisotopic (exact) mass is 307 g/mol. The molecule has 2 aliphatic heterocycles. The van der Waals surface area contributed by atoms with Gasteiger partial charge in [-0.2, -0.15) is 0 Å². The number of hydrogen-bond acceptors (Lipinski definition) is 6. The maximum Gasteiger partial charge on any atom is 0.244 e. The topological polar surface area (TPSA) is 83.5 Å². The smallest absolute Gasteiger partial charge is 0.244 e. The van der Waals surface area contributed by atoms with Crippen molar-refractivity contribution in [2.24, 2.45) is 0 Å². The zero-order valence-electron chi connectivity index (χ0n) is 13.2. The number of rotatable bonds is 3. The molecule has 3 rings (SSSR count). The lowest BCUT2D eigenvalue weighted by atomic mass is 10.0. The van der Waals surface area contributed by atoms with Gasteiger partial charge >= 0.3 is 0 Å². The molecule has 0 bridgehead atoms. The van der Waals surface area contributed by atoms with E-state index >= 15 is 0 Å². The van der Waals surface area contributed by atoms with Crippen molar-refractivity contribution in [3.05, 3.63) is 6.33 Å². The van der Waals surface area contributed by atoms with E-state index in [4.69, 9.17) is 5.73 Å². The summed E-state index contributed by atoms with van der Waals surface area (Å²) in [6, 6.07) is 0.684. The number of carbonyl (C=O) groups excluding carboxylic acids is 1. The van der Waals surface area contributed by atoms with Crippen molar-refractivity contribution in [2.45, 2.75) is 25.4 Å². The van der Waals surface area contributed by atoms with Crippen LogP contribution in [0, 0.1) is 0 Å². The average Bonchev–Trinajstić information content (AvgIpc) is 2.93. The molecule has 1 aromatic heterocycles. The summed E-state index contributed by atoms with van der Waals surface area (Å²) >= 11 is 0. The third-order valence-corrected chi connectivity index (χ3v) is 4.72. The summed E-state index contributed by atoms with van der Waals surface area (Å²) in [6.07, 6.45) is 3.98. The molecule has 1 aromatic rings. The van der Waals surface area contributed by atoms with E-state index in [0.29, 0.717) is 6.04 Å². The first-order valence-electron chi connectivity index (χ1n) is 7.97. The summed E-state index contributed by atoms with van der Waals surface area (Å²) in [6.45, 7) is 6.12. The Bertz CT molecular complexity index is 501. The van der Waals surface area contributed by atoms with E-state index in [1.807, 2.05) is 4.90 Å². The van der Waals surface area contributed by atoms with Gasteiger partial charge in [0.2, 0.25) is 11.9 Å². The predicted molar refractivity (Wildman–Crippen MR) is 83.1 cm³/mol. The molecule has 3 heterocycles. The van der Waals surface area contributed by atoms with E-state index in [-0.39, 0.29) is 18.4 Å². The van der Waals surface area contributed by atoms with Gasteiger partial charge in [-0.1, -0.05) is 0 Å². The lowest BCUT2D eigenvalue weighted by molar-refractivity contribution is -0.134. The van der Waals surface area contributed by atoms with Crippen molar-refractivity contribution in [1.82, 2.24) is 29.5 Å². The Labute approximate surface area is 130 Å². The van der Waals surface area contributed by atoms with Crippen molar-refractivity contribution in [3.63, 3.8) is 0 Å². The van der Waals surface area contributed by atoms with Gasteiger partial charge in [0, 0.05) is 32.2 Å². The van der Waals surface area contributed by atoms with Crippen LogP contribution in [0.3, 0.4) is 0 Å². The van der Waals surface area contributed by atoms with Crippen molar-refractivity contribution in [1.29, 1.82) is 0 Å². The number of carbonyl (C=O) groups is 1. The van der Waals surface area contributed by atoms with Crippen LogP contribution in [0.25, 0.3) is 0 Å². The summed E-state index contributed by atoms with van der Waals surface area (Å²) in [5, 5.41) is 3.96. The normalized spacial score (nSPS) is 22.1. The summed E-state index contributed by atoms with van der Waals surface area (Å²) in [5.41, 5.74) is 5.47. The minimum atomic E-state index is 0.0907. The number of aromatic nitrogens is 3. The summed E-state index contributed by atoms with van der Waals surface area (Å²) < 4.78 is 1.50. The van der Waals surface area contributed by atoms with Crippen molar-refractivity contribution in [2.75, 3.05) is 52.0 Å². The van der Waals surface area contributed by atoms with Gasteiger partial charge in [0.25, 0.3) is 0 Å². The highest BCUT2D eigenvalue weighted by Gasteiger charge is 2.28. The number of likely N-dealkylation sites (tertiary alicyclic amines) is 1. The van der Waals surface area contributed by atoms with Crippen LogP contribution in [-0.2, 0) is 11.3 Å². The Hall–Kier alpha value is -1.67. The maximum absolute atomic E-state index is 12.3. The molecule has 8 nitrogen and oxygen atoms in total. The molecule has 0 saturated carbocycles. The molecule has 2 fully saturated rings. The van der Waals surface area contributed by atoms with Crippen LogP contribution in [0.2, 0.25) is 0 Å². The highest BCUT2D eigenvalue weighted by molar-refractivity contribution is 5.76. The van der Waals surface area contributed by atoms with E-state index in [0.717, 1.165) is 26.2 Å². The fourth-order valence-electron chi connectivity index (χ4n) is 3.32. The van der Waals surface area contributed by atoms with Crippen LogP contribution in [0.1, 0.15) is 12.8 Å². The third kappa shape index (κ3) is 3.56. The lowest BCUT2D eigenvalue weighted by Gasteiger charge is -2.42. The minimum absolute atomic E-state index is 0.0907. The molecule has 2 aliphatic rings. The second-order valence-electron chi connectivity index (χ2n) is 6.25. The number of amides is 1. The number of anilines is 1. The molecule has 0 unspecified atom stereocenters. The summed E-state index contributed by atoms with van der Waals surface area (Å²) in [7, 11) is 2.18. The molecule has 0 spiro atoms. The van der Waals surface area contributed by atoms with E-state index in [9.17, 15) is 4.79 Å². The number of nitrogen functional groups attached to an aromatic ring is 1. The lowest BCUT2D eigenvalue weighted by Crippen LogP contribution is -2.54.